The van der Waals surface area contributed by atoms with Gasteiger partial charge in [0.2, 0.25) is 0 Å². The zero-order chi connectivity index (χ0) is 8.39. The Bertz CT molecular complexity index is 376. The van der Waals surface area contributed by atoms with Crippen molar-refractivity contribution in [1.29, 1.82) is 0 Å². The highest BCUT2D eigenvalue weighted by molar-refractivity contribution is 5.45. The average molecular weight is 160 g/mol. The maximum Gasteiger partial charge on any atom is 0.0661 e. The highest BCUT2D eigenvalue weighted by Crippen LogP contribution is 2.06. The molecule has 2 nitrogen and oxygen atoms in total. The van der Waals surface area contributed by atoms with Crippen LogP contribution in [-0.2, 0) is 6.42 Å². The van der Waals surface area contributed by atoms with Gasteiger partial charge in [-0.25, -0.2) is 4.52 Å². The van der Waals surface area contributed by atoms with Crippen LogP contribution in [0.5, 0.6) is 0 Å². The quantitative estimate of drug-likeness (QED) is 0.658. The first-order valence-electron chi connectivity index (χ1n) is 4.32. The maximum absolute atomic E-state index is 4.18. The minimum Gasteiger partial charge on any atom is -0.241 e. The molecule has 2 aromatic rings. The summed E-state index contributed by atoms with van der Waals surface area (Å²) < 4.78 is 1.92. The molecule has 0 bridgehead atoms. The summed E-state index contributed by atoms with van der Waals surface area (Å²) in [6, 6.07) is 6.29. The molecule has 0 radical (unpaired) electrons. The number of fused-ring (bicyclic) bond motifs is 1. The van der Waals surface area contributed by atoms with Gasteiger partial charge in [-0.2, -0.15) is 5.10 Å². The lowest BCUT2D eigenvalue weighted by Crippen LogP contribution is -1.90. The third-order valence-electron chi connectivity index (χ3n) is 2.00. The van der Waals surface area contributed by atoms with Gasteiger partial charge in [-0.3, -0.25) is 0 Å². The lowest BCUT2D eigenvalue weighted by atomic mass is 10.2. The average Bonchev–Trinajstić information content (AvgIpc) is 2.51. The van der Waals surface area contributed by atoms with E-state index in [1.54, 1.807) is 0 Å². The Morgan fingerprint density at radius 1 is 1.33 bits per heavy atom. The molecule has 2 rings (SSSR count). The molecule has 0 aliphatic carbocycles. The van der Waals surface area contributed by atoms with E-state index in [0.717, 1.165) is 11.9 Å². The molecule has 12 heavy (non-hydrogen) atoms. The summed E-state index contributed by atoms with van der Waals surface area (Å²) in [6.07, 6.45) is 6.24. The summed E-state index contributed by atoms with van der Waals surface area (Å²) in [5.74, 6) is 0. The fraction of sp³-hybridized carbons (Fsp3) is 0.300. The largest absolute Gasteiger partial charge is 0.241 e. The molecule has 2 heterocycles. The van der Waals surface area contributed by atoms with E-state index in [4.69, 9.17) is 0 Å². The van der Waals surface area contributed by atoms with Crippen molar-refractivity contribution in [1.82, 2.24) is 9.61 Å². The van der Waals surface area contributed by atoms with Crippen LogP contribution in [0.1, 0.15) is 18.9 Å². The van der Waals surface area contributed by atoms with Crippen molar-refractivity contribution in [2.75, 3.05) is 0 Å². The molecule has 0 amide bonds. The molecule has 0 aromatic carbocycles. The molecule has 2 aromatic heterocycles. The van der Waals surface area contributed by atoms with Crippen LogP contribution in [0, 0.1) is 0 Å². The molecule has 0 aliphatic heterocycles. The van der Waals surface area contributed by atoms with Crippen molar-refractivity contribution in [3.8, 4) is 0 Å². The minimum atomic E-state index is 1.13. The molecule has 0 aliphatic rings. The number of rotatable bonds is 2. The summed E-state index contributed by atoms with van der Waals surface area (Å²) >= 11 is 0. The molecule has 0 spiro atoms. The van der Waals surface area contributed by atoms with Crippen LogP contribution in [0.15, 0.2) is 30.6 Å². The van der Waals surface area contributed by atoms with Crippen molar-refractivity contribution in [2.24, 2.45) is 0 Å². The molecule has 0 unspecified atom stereocenters. The number of hydrogen-bond acceptors (Lipinski definition) is 1. The van der Waals surface area contributed by atoms with Gasteiger partial charge < -0.3 is 0 Å². The normalized spacial score (nSPS) is 10.8. The van der Waals surface area contributed by atoms with Crippen LogP contribution in [0.4, 0.5) is 0 Å². The van der Waals surface area contributed by atoms with E-state index in [2.05, 4.69) is 30.4 Å². The van der Waals surface area contributed by atoms with Crippen molar-refractivity contribution >= 4 is 5.52 Å². The smallest absolute Gasteiger partial charge is 0.0661 e. The van der Waals surface area contributed by atoms with Gasteiger partial charge in [0.15, 0.2) is 0 Å². The topological polar surface area (TPSA) is 17.3 Å². The lowest BCUT2D eigenvalue weighted by Gasteiger charge is -1.98. The van der Waals surface area contributed by atoms with E-state index in [1.807, 2.05) is 16.8 Å². The Morgan fingerprint density at radius 2 is 2.25 bits per heavy atom. The molecular weight excluding hydrogens is 148 g/mol. The summed E-state index contributed by atoms with van der Waals surface area (Å²) in [7, 11) is 0. The zero-order valence-corrected chi connectivity index (χ0v) is 7.20. The second kappa shape index (κ2) is 2.97. The SMILES string of the molecule is CCCc1ccc2ccnn2c1. The first kappa shape index (κ1) is 7.35. The third-order valence-corrected chi connectivity index (χ3v) is 2.00. The second-order valence-electron chi connectivity index (χ2n) is 2.99. The summed E-state index contributed by atoms with van der Waals surface area (Å²) in [6.45, 7) is 2.19. The van der Waals surface area contributed by atoms with Crippen LogP contribution in [-0.4, -0.2) is 9.61 Å². The molecule has 0 N–H and O–H groups in total. The highest BCUT2D eigenvalue weighted by Gasteiger charge is 1.94. The number of nitrogens with zero attached hydrogens (tertiary/aromatic N) is 2. The zero-order valence-electron chi connectivity index (χ0n) is 7.20. The van der Waals surface area contributed by atoms with Crippen LogP contribution < -0.4 is 0 Å². The van der Waals surface area contributed by atoms with Gasteiger partial charge in [0.25, 0.3) is 0 Å². The molecule has 0 saturated carbocycles. The van der Waals surface area contributed by atoms with E-state index in [9.17, 15) is 0 Å². The van der Waals surface area contributed by atoms with E-state index < -0.39 is 0 Å². The van der Waals surface area contributed by atoms with Gasteiger partial charge in [0, 0.05) is 12.4 Å². The van der Waals surface area contributed by atoms with Crippen LogP contribution >= 0.6 is 0 Å². The maximum atomic E-state index is 4.18. The van der Waals surface area contributed by atoms with E-state index in [1.165, 1.54) is 12.0 Å². The fourth-order valence-electron chi connectivity index (χ4n) is 1.39. The molecular formula is C10H12N2. The number of hydrogen-bond donors (Lipinski definition) is 0. The van der Waals surface area contributed by atoms with Crippen molar-refractivity contribution < 1.29 is 0 Å². The first-order valence-corrected chi connectivity index (χ1v) is 4.32. The van der Waals surface area contributed by atoms with Crippen molar-refractivity contribution in [3.05, 3.63) is 36.2 Å². The Kier molecular flexibility index (Phi) is 1.82. The van der Waals surface area contributed by atoms with Crippen molar-refractivity contribution in [2.45, 2.75) is 19.8 Å². The summed E-state index contributed by atoms with van der Waals surface area (Å²) in [5.41, 5.74) is 2.52. The molecule has 0 saturated heterocycles. The van der Waals surface area contributed by atoms with Gasteiger partial charge in [0.05, 0.1) is 5.52 Å². The third kappa shape index (κ3) is 1.20. The Morgan fingerprint density at radius 3 is 3.08 bits per heavy atom. The standard InChI is InChI=1S/C10H12N2/c1-2-3-9-4-5-10-6-7-11-12(10)8-9/h4-8H,2-3H2,1H3. The number of aromatic nitrogens is 2. The fourth-order valence-corrected chi connectivity index (χ4v) is 1.39. The van der Waals surface area contributed by atoms with Gasteiger partial charge in [-0.05, 0) is 24.1 Å². The summed E-state index contributed by atoms with van der Waals surface area (Å²) in [4.78, 5) is 0. The molecule has 0 atom stereocenters. The van der Waals surface area contributed by atoms with Gasteiger partial charge >= 0.3 is 0 Å². The Labute approximate surface area is 71.8 Å². The van der Waals surface area contributed by atoms with Gasteiger partial charge in [-0.15, -0.1) is 0 Å². The van der Waals surface area contributed by atoms with E-state index >= 15 is 0 Å². The Hall–Kier alpha value is -1.31. The van der Waals surface area contributed by atoms with Gasteiger partial charge in [0.1, 0.15) is 0 Å². The molecule has 62 valence electrons. The summed E-state index contributed by atoms with van der Waals surface area (Å²) in [5, 5.41) is 4.18. The van der Waals surface area contributed by atoms with Crippen molar-refractivity contribution in [3.63, 3.8) is 0 Å². The second-order valence-corrected chi connectivity index (χ2v) is 2.99. The van der Waals surface area contributed by atoms with E-state index in [-0.39, 0.29) is 0 Å². The lowest BCUT2D eigenvalue weighted by molar-refractivity contribution is 0.881. The van der Waals surface area contributed by atoms with Crippen LogP contribution in [0.25, 0.3) is 5.52 Å². The number of aryl methyl sites for hydroxylation is 1. The highest BCUT2D eigenvalue weighted by atomic mass is 15.2. The first-order chi connectivity index (χ1) is 5.90. The van der Waals surface area contributed by atoms with E-state index in [0.29, 0.717) is 0 Å². The monoisotopic (exact) mass is 160 g/mol. The van der Waals surface area contributed by atoms with Crippen LogP contribution in [0.2, 0.25) is 0 Å². The van der Waals surface area contributed by atoms with Gasteiger partial charge in [-0.1, -0.05) is 19.4 Å². The Balaban J connectivity index is 2.46. The predicted molar refractivity (Wildman–Crippen MR) is 49.2 cm³/mol. The molecule has 0 fully saturated rings. The predicted octanol–water partition coefficient (Wildman–Crippen LogP) is 2.29. The number of pyridine rings is 1. The van der Waals surface area contributed by atoms with Crippen LogP contribution in [0.3, 0.4) is 0 Å². The minimum absolute atomic E-state index is 1.13. The molecule has 2 heteroatoms.